The summed E-state index contributed by atoms with van der Waals surface area (Å²) in [5.74, 6) is -0.0788. The van der Waals surface area contributed by atoms with Gasteiger partial charge in [-0.05, 0) is 23.8 Å². The fourth-order valence-electron chi connectivity index (χ4n) is 2.10. The molecule has 3 nitrogen and oxygen atoms in total. The van der Waals surface area contributed by atoms with Gasteiger partial charge >= 0.3 is 0 Å². The number of carbonyl (C=O) groups is 1. The second-order valence-corrected chi connectivity index (χ2v) is 4.89. The standard InChI is InChI=1S/C18H20N2O/c1-3-12-19-18(21)16-10-7-11-17(13-16)20(2)14-15-8-5-4-6-9-15/h3-11,13H,1,12,14H2,2H3,(H,19,21). The zero-order valence-electron chi connectivity index (χ0n) is 12.3. The van der Waals surface area contributed by atoms with Crippen LogP contribution in [0.3, 0.4) is 0 Å². The van der Waals surface area contributed by atoms with E-state index in [9.17, 15) is 4.79 Å². The van der Waals surface area contributed by atoms with Crippen LogP contribution in [-0.2, 0) is 6.54 Å². The Hall–Kier alpha value is -2.55. The summed E-state index contributed by atoms with van der Waals surface area (Å²) >= 11 is 0. The topological polar surface area (TPSA) is 32.3 Å². The van der Waals surface area contributed by atoms with Crippen LogP contribution >= 0.6 is 0 Å². The second-order valence-electron chi connectivity index (χ2n) is 4.89. The van der Waals surface area contributed by atoms with Crippen molar-refractivity contribution in [2.75, 3.05) is 18.5 Å². The molecule has 0 heterocycles. The highest BCUT2D eigenvalue weighted by Gasteiger charge is 2.07. The number of amides is 1. The van der Waals surface area contributed by atoms with Crippen molar-refractivity contribution < 1.29 is 4.79 Å². The summed E-state index contributed by atoms with van der Waals surface area (Å²) in [6.07, 6.45) is 1.67. The van der Waals surface area contributed by atoms with Gasteiger partial charge in [-0.15, -0.1) is 6.58 Å². The summed E-state index contributed by atoms with van der Waals surface area (Å²) in [5, 5.41) is 2.79. The summed E-state index contributed by atoms with van der Waals surface area (Å²) in [7, 11) is 2.02. The molecule has 0 unspecified atom stereocenters. The minimum atomic E-state index is -0.0788. The normalized spacial score (nSPS) is 9.95. The van der Waals surface area contributed by atoms with Crippen LogP contribution in [0, 0.1) is 0 Å². The number of nitrogens with zero attached hydrogens (tertiary/aromatic N) is 1. The highest BCUT2D eigenvalue weighted by Crippen LogP contribution is 2.17. The van der Waals surface area contributed by atoms with Gasteiger partial charge in [0.25, 0.3) is 5.91 Å². The molecule has 0 atom stereocenters. The molecule has 3 heteroatoms. The molecule has 1 amide bonds. The molecule has 0 radical (unpaired) electrons. The fraction of sp³-hybridized carbons (Fsp3) is 0.167. The first-order valence-electron chi connectivity index (χ1n) is 6.95. The monoisotopic (exact) mass is 280 g/mol. The van der Waals surface area contributed by atoms with Gasteiger partial charge in [0.2, 0.25) is 0 Å². The fourth-order valence-corrected chi connectivity index (χ4v) is 2.10. The molecule has 0 saturated heterocycles. The van der Waals surface area contributed by atoms with Crippen LogP contribution in [0.5, 0.6) is 0 Å². The van der Waals surface area contributed by atoms with Crippen molar-refractivity contribution in [2.45, 2.75) is 6.54 Å². The van der Waals surface area contributed by atoms with Gasteiger partial charge in [-0.25, -0.2) is 0 Å². The van der Waals surface area contributed by atoms with E-state index in [-0.39, 0.29) is 5.91 Å². The van der Waals surface area contributed by atoms with E-state index >= 15 is 0 Å². The molecule has 2 aromatic carbocycles. The Morgan fingerprint density at radius 2 is 1.95 bits per heavy atom. The molecule has 0 saturated carbocycles. The highest BCUT2D eigenvalue weighted by atomic mass is 16.1. The quantitative estimate of drug-likeness (QED) is 0.824. The lowest BCUT2D eigenvalue weighted by molar-refractivity contribution is 0.0958. The minimum Gasteiger partial charge on any atom is -0.370 e. The Labute approximate surface area is 125 Å². The number of carbonyl (C=O) groups excluding carboxylic acids is 1. The Morgan fingerprint density at radius 3 is 2.67 bits per heavy atom. The molecular weight excluding hydrogens is 260 g/mol. The van der Waals surface area contributed by atoms with Gasteiger partial charge in [0, 0.05) is 31.4 Å². The van der Waals surface area contributed by atoms with Gasteiger partial charge < -0.3 is 10.2 Å². The van der Waals surface area contributed by atoms with Crippen LogP contribution in [0.4, 0.5) is 5.69 Å². The first-order chi connectivity index (χ1) is 10.2. The van der Waals surface area contributed by atoms with Crippen molar-refractivity contribution in [2.24, 2.45) is 0 Å². The lowest BCUT2D eigenvalue weighted by atomic mass is 10.1. The summed E-state index contributed by atoms with van der Waals surface area (Å²) in [4.78, 5) is 14.1. The van der Waals surface area contributed by atoms with E-state index in [1.165, 1.54) is 5.56 Å². The van der Waals surface area contributed by atoms with Crippen LogP contribution in [0.15, 0.2) is 67.3 Å². The number of nitrogens with one attached hydrogen (secondary N) is 1. The van der Waals surface area contributed by atoms with Crippen LogP contribution in [0.2, 0.25) is 0 Å². The molecule has 1 N–H and O–H groups in total. The smallest absolute Gasteiger partial charge is 0.251 e. The molecular formula is C18H20N2O. The first kappa shape index (κ1) is 14.9. The second kappa shape index (κ2) is 7.29. The van der Waals surface area contributed by atoms with Gasteiger partial charge in [-0.3, -0.25) is 4.79 Å². The number of rotatable bonds is 6. The molecule has 0 fully saturated rings. The average molecular weight is 280 g/mol. The lowest BCUT2D eigenvalue weighted by Crippen LogP contribution is -2.23. The highest BCUT2D eigenvalue weighted by molar-refractivity contribution is 5.95. The van der Waals surface area contributed by atoms with Gasteiger partial charge in [0.15, 0.2) is 0 Å². The van der Waals surface area contributed by atoms with Crippen molar-refractivity contribution in [3.8, 4) is 0 Å². The van der Waals surface area contributed by atoms with E-state index in [2.05, 4.69) is 28.9 Å². The number of anilines is 1. The molecule has 0 bridgehead atoms. The van der Waals surface area contributed by atoms with Crippen LogP contribution in [0.25, 0.3) is 0 Å². The molecule has 0 aromatic heterocycles. The SMILES string of the molecule is C=CCNC(=O)c1cccc(N(C)Cc2ccccc2)c1. The molecule has 2 rings (SSSR count). The maximum atomic E-state index is 12.0. The van der Waals surface area contributed by atoms with E-state index in [1.807, 2.05) is 49.5 Å². The maximum Gasteiger partial charge on any atom is 0.251 e. The van der Waals surface area contributed by atoms with Crippen molar-refractivity contribution in [1.29, 1.82) is 0 Å². The van der Waals surface area contributed by atoms with Gasteiger partial charge in [-0.2, -0.15) is 0 Å². The summed E-state index contributed by atoms with van der Waals surface area (Å²) in [6.45, 7) is 4.88. The van der Waals surface area contributed by atoms with Crippen molar-refractivity contribution in [1.82, 2.24) is 5.32 Å². The summed E-state index contributed by atoms with van der Waals surface area (Å²) in [6, 6.07) is 17.9. The molecule has 0 spiro atoms. The number of hydrogen-bond donors (Lipinski definition) is 1. The molecule has 0 aliphatic heterocycles. The van der Waals surface area contributed by atoms with Gasteiger partial charge in [-0.1, -0.05) is 42.5 Å². The third-order valence-corrected chi connectivity index (χ3v) is 3.22. The molecule has 21 heavy (non-hydrogen) atoms. The minimum absolute atomic E-state index is 0.0788. The van der Waals surface area contributed by atoms with E-state index in [0.29, 0.717) is 12.1 Å². The van der Waals surface area contributed by atoms with E-state index < -0.39 is 0 Å². The lowest BCUT2D eigenvalue weighted by Gasteiger charge is -2.20. The van der Waals surface area contributed by atoms with Crippen LogP contribution < -0.4 is 10.2 Å². The average Bonchev–Trinajstić information content (AvgIpc) is 2.53. The molecule has 2 aromatic rings. The van der Waals surface area contributed by atoms with E-state index in [0.717, 1.165) is 12.2 Å². The van der Waals surface area contributed by atoms with Crippen molar-refractivity contribution >= 4 is 11.6 Å². The molecule has 0 aliphatic carbocycles. The first-order valence-corrected chi connectivity index (χ1v) is 6.95. The van der Waals surface area contributed by atoms with E-state index in [1.54, 1.807) is 6.08 Å². The Balaban J connectivity index is 2.09. The maximum absolute atomic E-state index is 12.0. The summed E-state index contributed by atoms with van der Waals surface area (Å²) < 4.78 is 0. The van der Waals surface area contributed by atoms with Crippen LogP contribution in [-0.4, -0.2) is 19.5 Å². The van der Waals surface area contributed by atoms with E-state index in [4.69, 9.17) is 0 Å². The predicted octanol–water partition coefficient (Wildman–Crippen LogP) is 3.24. The Bertz CT molecular complexity index is 608. The Morgan fingerprint density at radius 1 is 1.19 bits per heavy atom. The van der Waals surface area contributed by atoms with Crippen molar-refractivity contribution in [3.05, 3.63) is 78.4 Å². The summed E-state index contributed by atoms with van der Waals surface area (Å²) in [5.41, 5.74) is 2.92. The number of hydrogen-bond acceptors (Lipinski definition) is 2. The zero-order valence-corrected chi connectivity index (χ0v) is 12.3. The zero-order chi connectivity index (χ0) is 15.1. The largest absolute Gasteiger partial charge is 0.370 e. The third kappa shape index (κ3) is 4.21. The number of benzene rings is 2. The third-order valence-electron chi connectivity index (χ3n) is 3.22. The Kier molecular flexibility index (Phi) is 5.16. The van der Waals surface area contributed by atoms with Gasteiger partial charge in [0.1, 0.15) is 0 Å². The van der Waals surface area contributed by atoms with Crippen LogP contribution in [0.1, 0.15) is 15.9 Å². The molecule has 0 aliphatic rings. The van der Waals surface area contributed by atoms with Crippen molar-refractivity contribution in [3.63, 3.8) is 0 Å². The predicted molar refractivity (Wildman–Crippen MR) is 87.5 cm³/mol. The van der Waals surface area contributed by atoms with Gasteiger partial charge in [0.05, 0.1) is 0 Å². The molecule has 108 valence electrons.